The minimum Gasteiger partial charge on any atom is -0.496 e. The zero-order chi connectivity index (χ0) is 16.8. The number of hydrogen-bond acceptors (Lipinski definition) is 3. The molecule has 2 aromatic carbocycles. The lowest BCUT2D eigenvalue weighted by molar-refractivity contribution is 0.0411. The molecule has 3 nitrogen and oxygen atoms in total. The fourth-order valence-electron chi connectivity index (χ4n) is 3.68. The third-order valence-electron chi connectivity index (χ3n) is 5.26. The average Bonchev–Trinajstić information content (AvgIpc) is 2.65. The van der Waals surface area contributed by atoms with Gasteiger partial charge in [-0.15, -0.1) is 0 Å². The number of ether oxygens (including phenoxy) is 1. The molecule has 0 aromatic heterocycles. The number of para-hydroxylation sites is 1. The van der Waals surface area contributed by atoms with Crippen LogP contribution in [0.25, 0.3) is 0 Å². The van der Waals surface area contributed by atoms with Gasteiger partial charge in [-0.1, -0.05) is 48.5 Å². The molecule has 1 N–H and O–H groups in total. The number of rotatable bonds is 6. The Balaban J connectivity index is 1.61. The van der Waals surface area contributed by atoms with Gasteiger partial charge in [-0.05, 0) is 49.4 Å². The van der Waals surface area contributed by atoms with Gasteiger partial charge in [0.05, 0.1) is 7.11 Å². The van der Waals surface area contributed by atoms with Crippen LogP contribution in [0, 0.1) is 5.41 Å². The van der Waals surface area contributed by atoms with Crippen LogP contribution in [0.4, 0.5) is 0 Å². The normalized spacial score (nSPS) is 17.6. The molecule has 3 heteroatoms. The molecule has 1 heterocycles. The highest BCUT2D eigenvalue weighted by atomic mass is 16.5. The molecule has 0 amide bonds. The molecule has 1 saturated heterocycles. The highest BCUT2D eigenvalue weighted by Crippen LogP contribution is 2.35. The zero-order valence-electron chi connectivity index (χ0n) is 14.4. The Morgan fingerprint density at radius 3 is 2.33 bits per heavy atom. The van der Waals surface area contributed by atoms with Crippen molar-refractivity contribution in [3.8, 4) is 5.75 Å². The lowest BCUT2D eigenvalue weighted by atomic mass is 9.74. The molecule has 0 bridgehead atoms. The Morgan fingerprint density at radius 1 is 1.00 bits per heavy atom. The van der Waals surface area contributed by atoms with Crippen LogP contribution < -0.4 is 4.74 Å². The van der Waals surface area contributed by atoms with Crippen molar-refractivity contribution in [1.29, 1.82) is 0 Å². The van der Waals surface area contributed by atoms with E-state index in [4.69, 9.17) is 4.74 Å². The standard InChI is InChI=1S/C21H27NO2/c1-24-20-10-6-5-9-19(20)16-22-13-11-21(17-23,12-14-22)15-18-7-3-2-4-8-18/h2-10,23H,11-17H2,1H3. The van der Waals surface area contributed by atoms with Crippen molar-refractivity contribution in [2.24, 2.45) is 5.41 Å². The fraction of sp³-hybridized carbons (Fsp3) is 0.429. The van der Waals surface area contributed by atoms with Crippen molar-refractivity contribution in [3.05, 3.63) is 65.7 Å². The van der Waals surface area contributed by atoms with Gasteiger partial charge in [0.1, 0.15) is 5.75 Å². The summed E-state index contributed by atoms with van der Waals surface area (Å²) in [7, 11) is 1.73. The number of hydrogen-bond donors (Lipinski definition) is 1. The minimum absolute atomic E-state index is 0.0264. The van der Waals surface area contributed by atoms with Gasteiger partial charge in [-0.25, -0.2) is 0 Å². The molecular weight excluding hydrogens is 298 g/mol. The van der Waals surface area contributed by atoms with E-state index < -0.39 is 0 Å². The lowest BCUT2D eigenvalue weighted by Crippen LogP contribution is -2.42. The Morgan fingerprint density at radius 2 is 1.67 bits per heavy atom. The summed E-state index contributed by atoms with van der Waals surface area (Å²) in [5.41, 5.74) is 2.59. The molecule has 2 aromatic rings. The van der Waals surface area contributed by atoms with Gasteiger partial charge in [-0.2, -0.15) is 0 Å². The smallest absolute Gasteiger partial charge is 0.123 e. The molecule has 128 valence electrons. The van der Waals surface area contributed by atoms with Crippen molar-refractivity contribution in [2.75, 3.05) is 26.8 Å². The second-order valence-corrected chi connectivity index (χ2v) is 6.91. The maximum atomic E-state index is 10.0. The molecule has 0 radical (unpaired) electrons. The number of aliphatic hydroxyl groups is 1. The fourth-order valence-corrected chi connectivity index (χ4v) is 3.68. The largest absolute Gasteiger partial charge is 0.496 e. The first kappa shape index (κ1) is 17.0. The van der Waals surface area contributed by atoms with Gasteiger partial charge in [0.15, 0.2) is 0 Å². The average molecular weight is 325 g/mol. The molecule has 0 spiro atoms. The van der Waals surface area contributed by atoms with Crippen LogP contribution in [0.3, 0.4) is 0 Å². The molecule has 0 atom stereocenters. The van der Waals surface area contributed by atoms with Crippen LogP contribution in [0.15, 0.2) is 54.6 Å². The quantitative estimate of drug-likeness (QED) is 0.882. The van der Waals surface area contributed by atoms with Crippen LogP contribution in [0.5, 0.6) is 5.75 Å². The van der Waals surface area contributed by atoms with Crippen LogP contribution >= 0.6 is 0 Å². The Kier molecular flexibility index (Phi) is 5.54. The van der Waals surface area contributed by atoms with E-state index in [0.717, 1.165) is 44.6 Å². The monoisotopic (exact) mass is 325 g/mol. The van der Waals surface area contributed by atoms with Crippen LogP contribution in [-0.4, -0.2) is 36.8 Å². The Bertz CT molecular complexity index is 633. The van der Waals surface area contributed by atoms with Crippen molar-refractivity contribution in [1.82, 2.24) is 4.90 Å². The molecule has 3 rings (SSSR count). The first-order valence-corrected chi connectivity index (χ1v) is 8.74. The van der Waals surface area contributed by atoms with Gasteiger partial charge in [0.2, 0.25) is 0 Å². The number of aliphatic hydroxyl groups excluding tert-OH is 1. The van der Waals surface area contributed by atoms with E-state index in [1.54, 1.807) is 7.11 Å². The first-order chi connectivity index (χ1) is 11.7. The summed E-state index contributed by atoms with van der Waals surface area (Å²) < 4.78 is 5.46. The molecule has 1 fully saturated rings. The van der Waals surface area contributed by atoms with Crippen LogP contribution in [0.1, 0.15) is 24.0 Å². The van der Waals surface area contributed by atoms with Gasteiger partial charge >= 0.3 is 0 Å². The second-order valence-electron chi connectivity index (χ2n) is 6.91. The van der Waals surface area contributed by atoms with Gasteiger partial charge < -0.3 is 9.84 Å². The number of benzene rings is 2. The molecule has 0 unspecified atom stereocenters. The van der Waals surface area contributed by atoms with E-state index in [0.29, 0.717) is 0 Å². The second kappa shape index (κ2) is 7.82. The number of methoxy groups -OCH3 is 1. The summed E-state index contributed by atoms with van der Waals surface area (Å²) in [6, 6.07) is 18.8. The third-order valence-corrected chi connectivity index (χ3v) is 5.26. The first-order valence-electron chi connectivity index (χ1n) is 8.74. The topological polar surface area (TPSA) is 32.7 Å². The van der Waals surface area contributed by atoms with E-state index >= 15 is 0 Å². The predicted molar refractivity (Wildman–Crippen MR) is 97.2 cm³/mol. The zero-order valence-corrected chi connectivity index (χ0v) is 14.4. The van der Waals surface area contributed by atoms with E-state index in [1.165, 1.54) is 11.1 Å². The lowest BCUT2D eigenvalue weighted by Gasteiger charge is -2.41. The molecule has 24 heavy (non-hydrogen) atoms. The maximum Gasteiger partial charge on any atom is 0.123 e. The van der Waals surface area contributed by atoms with Gasteiger partial charge in [0.25, 0.3) is 0 Å². The van der Waals surface area contributed by atoms with Crippen LogP contribution in [0.2, 0.25) is 0 Å². The Hall–Kier alpha value is -1.84. The van der Waals surface area contributed by atoms with Crippen molar-refractivity contribution in [2.45, 2.75) is 25.8 Å². The molecule has 0 saturated carbocycles. The van der Waals surface area contributed by atoms with E-state index in [1.807, 2.05) is 18.2 Å². The SMILES string of the molecule is COc1ccccc1CN1CCC(CO)(Cc2ccccc2)CC1. The number of piperidine rings is 1. The predicted octanol–water partition coefficient (Wildman–Crippen LogP) is 3.51. The highest BCUT2D eigenvalue weighted by molar-refractivity contribution is 5.33. The summed E-state index contributed by atoms with van der Waals surface area (Å²) in [5.74, 6) is 0.959. The molecule has 1 aliphatic heterocycles. The maximum absolute atomic E-state index is 10.0. The van der Waals surface area contributed by atoms with Gasteiger partial charge in [0, 0.05) is 18.7 Å². The van der Waals surface area contributed by atoms with Crippen molar-refractivity contribution >= 4 is 0 Å². The Labute approximate surface area is 144 Å². The summed E-state index contributed by atoms with van der Waals surface area (Å²) in [4.78, 5) is 2.47. The summed E-state index contributed by atoms with van der Waals surface area (Å²) in [5, 5.41) is 10.0. The van der Waals surface area contributed by atoms with E-state index in [-0.39, 0.29) is 12.0 Å². The van der Waals surface area contributed by atoms with Gasteiger partial charge in [-0.3, -0.25) is 4.90 Å². The minimum atomic E-state index is 0.0264. The number of nitrogens with zero attached hydrogens (tertiary/aromatic N) is 1. The van der Waals surface area contributed by atoms with Crippen LogP contribution in [-0.2, 0) is 13.0 Å². The van der Waals surface area contributed by atoms with E-state index in [9.17, 15) is 5.11 Å². The molecule has 0 aliphatic carbocycles. The van der Waals surface area contributed by atoms with Crippen molar-refractivity contribution < 1.29 is 9.84 Å². The molecule has 1 aliphatic rings. The highest BCUT2D eigenvalue weighted by Gasteiger charge is 2.34. The third kappa shape index (κ3) is 3.97. The van der Waals surface area contributed by atoms with E-state index in [2.05, 4.69) is 41.3 Å². The summed E-state index contributed by atoms with van der Waals surface area (Å²) in [6.45, 7) is 3.22. The summed E-state index contributed by atoms with van der Waals surface area (Å²) in [6.07, 6.45) is 3.04. The van der Waals surface area contributed by atoms with Crippen molar-refractivity contribution in [3.63, 3.8) is 0 Å². The summed E-state index contributed by atoms with van der Waals surface area (Å²) >= 11 is 0. The molecular formula is C21H27NO2. The number of likely N-dealkylation sites (tertiary alicyclic amines) is 1.